The second-order valence-corrected chi connectivity index (χ2v) is 3.44. The van der Waals surface area contributed by atoms with Crippen LogP contribution in [0.3, 0.4) is 0 Å². The minimum atomic E-state index is 0.464. The van der Waals surface area contributed by atoms with Crippen LogP contribution in [-0.4, -0.2) is 9.97 Å². The third kappa shape index (κ3) is 1.52. The van der Waals surface area contributed by atoms with Crippen LogP contribution in [0.4, 0.5) is 0 Å². The molecule has 0 aliphatic heterocycles. The van der Waals surface area contributed by atoms with Gasteiger partial charge in [-0.3, -0.25) is 0 Å². The van der Waals surface area contributed by atoms with E-state index in [1.54, 1.807) is 6.20 Å². The van der Waals surface area contributed by atoms with Crippen LogP contribution in [0.2, 0.25) is 0 Å². The highest BCUT2D eigenvalue weighted by atomic mass is 14.8. The van der Waals surface area contributed by atoms with E-state index in [4.69, 9.17) is 0 Å². The fourth-order valence-corrected chi connectivity index (χ4v) is 1.29. The Labute approximate surface area is 77.6 Å². The van der Waals surface area contributed by atoms with Crippen LogP contribution in [0.25, 0.3) is 11.0 Å². The minimum Gasteiger partial charge on any atom is -0.237 e. The van der Waals surface area contributed by atoms with E-state index in [0.717, 1.165) is 16.7 Å². The van der Waals surface area contributed by atoms with Crippen LogP contribution in [0.5, 0.6) is 0 Å². The van der Waals surface area contributed by atoms with Gasteiger partial charge in [-0.1, -0.05) is 13.8 Å². The summed E-state index contributed by atoms with van der Waals surface area (Å²) in [5.41, 5.74) is 1.94. The standard InChI is InChI=1S/C11H12N2/c1-8(2)10-6-5-9-4-3-7-12-11(9)13-10/h3-8H,1-2H3. The van der Waals surface area contributed by atoms with Crippen molar-refractivity contribution in [2.75, 3.05) is 0 Å². The van der Waals surface area contributed by atoms with Crippen molar-refractivity contribution in [2.24, 2.45) is 0 Å². The maximum Gasteiger partial charge on any atom is 0.159 e. The fraction of sp³-hybridized carbons (Fsp3) is 0.273. The first-order valence-electron chi connectivity index (χ1n) is 4.49. The Hall–Kier alpha value is -1.44. The molecular formula is C11H12N2. The molecule has 0 atom stereocenters. The lowest BCUT2D eigenvalue weighted by atomic mass is 10.1. The molecule has 2 aromatic heterocycles. The number of fused-ring (bicyclic) bond motifs is 1. The SMILES string of the molecule is CC(C)c1ccc2cccnc2n1. The van der Waals surface area contributed by atoms with Crippen molar-refractivity contribution in [3.8, 4) is 0 Å². The molecule has 0 amide bonds. The van der Waals surface area contributed by atoms with Gasteiger partial charge in [-0.15, -0.1) is 0 Å². The molecular weight excluding hydrogens is 160 g/mol. The highest BCUT2D eigenvalue weighted by molar-refractivity contribution is 5.74. The summed E-state index contributed by atoms with van der Waals surface area (Å²) in [4.78, 5) is 8.68. The van der Waals surface area contributed by atoms with Gasteiger partial charge in [0.2, 0.25) is 0 Å². The molecule has 0 radical (unpaired) electrons. The summed E-state index contributed by atoms with van der Waals surface area (Å²) in [6, 6.07) is 8.10. The average Bonchev–Trinajstić information content (AvgIpc) is 2.17. The number of hydrogen-bond acceptors (Lipinski definition) is 2. The van der Waals surface area contributed by atoms with Crippen molar-refractivity contribution >= 4 is 11.0 Å². The normalized spacial score (nSPS) is 11.0. The zero-order valence-corrected chi connectivity index (χ0v) is 7.86. The summed E-state index contributed by atoms with van der Waals surface area (Å²) in [7, 11) is 0. The quantitative estimate of drug-likeness (QED) is 0.661. The second-order valence-electron chi connectivity index (χ2n) is 3.44. The number of aromatic nitrogens is 2. The maximum absolute atomic E-state index is 4.46. The van der Waals surface area contributed by atoms with Crippen LogP contribution in [0, 0.1) is 0 Å². The summed E-state index contributed by atoms with van der Waals surface area (Å²) in [5, 5.41) is 1.10. The van der Waals surface area contributed by atoms with Crippen LogP contribution in [-0.2, 0) is 0 Å². The molecule has 2 aromatic rings. The Morgan fingerprint density at radius 3 is 2.77 bits per heavy atom. The molecule has 2 heteroatoms. The molecule has 2 nitrogen and oxygen atoms in total. The summed E-state index contributed by atoms with van der Waals surface area (Å²) in [5.74, 6) is 0.464. The zero-order chi connectivity index (χ0) is 9.26. The monoisotopic (exact) mass is 172 g/mol. The lowest BCUT2D eigenvalue weighted by Gasteiger charge is -2.04. The summed E-state index contributed by atoms with van der Waals surface area (Å²) in [6.45, 7) is 4.27. The first kappa shape index (κ1) is 8.17. The molecule has 13 heavy (non-hydrogen) atoms. The van der Waals surface area contributed by atoms with Gasteiger partial charge < -0.3 is 0 Å². The van der Waals surface area contributed by atoms with E-state index >= 15 is 0 Å². The molecule has 0 aliphatic rings. The van der Waals surface area contributed by atoms with Crippen LogP contribution in [0.1, 0.15) is 25.5 Å². The fourth-order valence-electron chi connectivity index (χ4n) is 1.29. The Bertz CT molecular complexity index is 421. The van der Waals surface area contributed by atoms with Gasteiger partial charge in [0.1, 0.15) is 0 Å². The van der Waals surface area contributed by atoms with Gasteiger partial charge in [-0.05, 0) is 30.2 Å². The number of nitrogens with zero attached hydrogens (tertiary/aromatic N) is 2. The Balaban J connectivity index is 2.62. The van der Waals surface area contributed by atoms with Crippen molar-refractivity contribution < 1.29 is 0 Å². The molecule has 0 spiro atoms. The Morgan fingerprint density at radius 1 is 1.15 bits per heavy atom. The predicted octanol–water partition coefficient (Wildman–Crippen LogP) is 2.75. The molecule has 0 aliphatic carbocycles. The molecule has 0 bridgehead atoms. The summed E-state index contributed by atoms with van der Waals surface area (Å²) < 4.78 is 0. The van der Waals surface area contributed by atoms with Gasteiger partial charge >= 0.3 is 0 Å². The van der Waals surface area contributed by atoms with Gasteiger partial charge in [0.05, 0.1) is 0 Å². The molecule has 66 valence electrons. The van der Waals surface area contributed by atoms with Crippen molar-refractivity contribution in [3.63, 3.8) is 0 Å². The van der Waals surface area contributed by atoms with E-state index in [-0.39, 0.29) is 0 Å². The smallest absolute Gasteiger partial charge is 0.159 e. The first-order valence-corrected chi connectivity index (χ1v) is 4.49. The van der Waals surface area contributed by atoms with Crippen LogP contribution in [0.15, 0.2) is 30.5 Å². The van der Waals surface area contributed by atoms with Gasteiger partial charge in [0, 0.05) is 17.3 Å². The van der Waals surface area contributed by atoms with Crippen molar-refractivity contribution in [2.45, 2.75) is 19.8 Å². The Kier molecular flexibility index (Phi) is 1.97. The Morgan fingerprint density at radius 2 is 2.00 bits per heavy atom. The van der Waals surface area contributed by atoms with E-state index in [2.05, 4.69) is 35.9 Å². The van der Waals surface area contributed by atoms with E-state index in [1.165, 1.54) is 0 Å². The van der Waals surface area contributed by atoms with Gasteiger partial charge in [0.15, 0.2) is 5.65 Å². The lowest BCUT2D eigenvalue weighted by Crippen LogP contribution is -1.93. The predicted molar refractivity (Wildman–Crippen MR) is 53.6 cm³/mol. The van der Waals surface area contributed by atoms with Crippen molar-refractivity contribution in [3.05, 3.63) is 36.2 Å². The van der Waals surface area contributed by atoms with E-state index in [9.17, 15) is 0 Å². The average molecular weight is 172 g/mol. The largest absolute Gasteiger partial charge is 0.237 e. The molecule has 0 saturated heterocycles. The molecule has 2 heterocycles. The first-order chi connectivity index (χ1) is 6.27. The third-order valence-corrected chi connectivity index (χ3v) is 2.08. The van der Waals surface area contributed by atoms with Crippen molar-refractivity contribution in [1.29, 1.82) is 0 Å². The highest BCUT2D eigenvalue weighted by Gasteiger charge is 2.01. The number of pyridine rings is 2. The molecule has 2 rings (SSSR count). The third-order valence-electron chi connectivity index (χ3n) is 2.08. The molecule has 0 unspecified atom stereocenters. The minimum absolute atomic E-state index is 0.464. The van der Waals surface area contributed by atoms with Crippen LogP contribution < -0.4 is 0 Å². The number of hydrogen-bond donors (Lipinski definition) is 0. The zero-order valence-electron chi connectivity index (χ0n) is 7.86. The molecule has 0 saturated carbocycles. The van der Waals surface area contributed by atoms with Gasteiger partial charge in [-0.25, -0.2) is 9.97 Å². The highest BCUT2D eigenvalue weighted by Crippen LogP contribution is 2.15. The van der Waals surface area contributed by atoms with Crippen molar-refractivity contribution in [1.82, 2.24) is 9.97 Å². The molecule has 0 fully saturated rings. The second kappa shape index (κ2) is 3.13. The number of rotatable bonds is 1. The van der Waals surface area contributed by atoms with Gasteiger partial charge in [-0.2, -0.15) is 0 Å². The van der Waals surface area contributed by atoms with Gasteiger partial charge in [0.25, 0.3) is 0 Å². The molecule has 0 N–H and O–H groups in total. The van der Waals surface area contributed by atoms with E-state index in [1.807, 2.05) is 12.1 Å². The maximum atomic E-state index is 4.46. The van der Waals surface area contributed by atoms with E-state index < -0.39 is 0 Å². The van der Waals surface area contributed by atoms with Crippen LogP contribution >= 0.6 is 0 Å². The molecule has 0 aromatic carbocycles. The summed E-state index contributed by atoms with van der Waals surface area (Å²) >= 11 is 0. The lowest BCUT2D eigenvalue weighted by molar-refractivity contribution is 0.828. The summed E-state index contributed by atoms with van der Waals surface area (Å²) in [6.07, 6.45) is 1.78. The topological polar surface area (TPSA) is 25.8 Å². The van der Waals surface area contributed by atoms with E-state index in [0.29, 0.717) is 5.92 Å².